The maximum atomic E-state index is 8.40. The van der Waals surface area contributed by atoms with E-state index in [-0.39, 0.29) is 6.61 Å². The molecule has 1 aliphatic rings. The summed E-state index contributed by atoms with van der Waals surface area (Å²) in [5.74, 6) is 0. The fraction of sp³-hybridized carbons (Fsp3) is 0.400. The SMILES string of the molecule is OCCC1=CN=[C+]S1. The maximum absolute atomic E-state index is 8.40. The van der Waals surface area contributed by atoms with E-state index < -0.39 is 0 Å². The van der Waals surface area contributed by atoms with Gasteiger partial charge in [-0.3, -0.25) is 0 Å². The molecule has 0 atom stereocenters. The van der Waals surface area contributed by atoms with Crippen LogP contribution in [0.15, 0.2) is 16.1 Å². The molecule has 3 heteroatoms. The summed E-state index contributed by atoms with van der Waals surface area (Å²) in [5.41, 5.74) is 2.70. The Morgan fingerprint density at radius 3 is 3.25 bits per heavy atom. The largest absolute Gasteiger partial charge is 0.396 e. The van der Waals surface area contributed by atoms with E-state index in [2.05, 4.69) is 10.5 Å². The Morgan fingerprint density at radius 2 is 2.75 bits per heavy atom. The lowest BCUT2D eigenvalue weighted by Gasteiger charge is -1.82. The third-order valence-corrected chi connectivity index (χ3v) is 1.56. The van der Waals surface area contributed by atoms with Gasteiger partial charge in [-0.15, -0.1) is 0 Å². The number of nitrogens with zero attached hydrogens (tertiary/aromatic N) is 1. The summed E-state index contributed by atoms with van der Waals surface area (Å²) in [7, 11) is 0. The molecule has 0 spiro atoms. The Morgan fingerprint density at radius 1 is 1.88 bits per heavy atom. The predicted octanol–water partition coefficient (Wildman–Crippen LogP) is 0.862. The van der Waals surface area contributed by atoms with E-state index in [0.29, 0.717) is 6.42 Å². The number of hydrogen-bond donors (Lipinski definition) is 1. The molecule has 1 N–H and O–H groups in total. The van der Waals surface area contributed by atoms with E-state index in [4.69, 9.17) is 5.11 Å². The summed E-state index contributed by atoms with van der Waals surface area (Å²) in [6.07, 6.45) is 2.43. The predicted molar refractivity (Wildman–Crippen MR) is 34.8 cm³/mol. The van der Waals surface area contributed by atoms with Crippen molar-refractivity contribution < 1.29 is 5.11 Å². The van der Waals surface area contributed by atoms with E-state index in [1.807, 2.05) is 0 Å². The number of hydrogen-bond acceptors (Lipinski definition) is 3. The third-order valence-electron chi connectivity index (χ3n) is 0.796. The van der Waals surface area contributed by atoms with Crippen molar-refractivity contribution in [3.05, 3.63) is 11.1 Å². The summed E-state index contributed by atoms with van der Waals surface area (Å²) in [6.45, 7) is 0.204. The zero-order valence-corrected chi connectivity index (χ0v) is 5.11. The van der Waals surface area contributed by atoms with Crippen molar-refractivity contribution in [3.8, 4) is 0 Å². The van der Waals surface area contributed by atoms with Crippen LogP contribution in [0.4, 0.5) is 0 Å². The molecule has 0 aromatic heterocycles. The molecule has 2 nitrogen and oxygen atoms in total. The van der Waals surface area contributed by atoms with Gasteiger partial charge in [-0.25, -0.2) is 0 Å². The van der Waals surface area contributed by atoms with Gasteiger partial charge in [-0.05, 0) is 4.99 Å². The van der Waals surface area contributed by atoms with Crippen LogP contribution in [0.2, 0.25) is 0 Å². The third kappa shape index (κ3) is 1.30. The second-order valence-corrected chi connectivity index (χ2v) is 2.30. The van der Waals surface area contributed by atoms with E-state index in [9.17, 15) is 0 Å². The molecule has 0 saturated carbocycles. The molecule has 0 radical (unpaired) electrons. The van der Waals surface area contributed by atoms with Crippen molar-refractivity contribution in [2.24, 2.45) is 4.99 Å². The molecule has 8 heavy (non-hydrogen) atoms. The van der Waals surface area contributed by atoms with Crippen molar-refractivity contribution in [1.82, 2.24) is 0 Å². The van der Waals surface area contributed by atoms with Gasteiger partial charge in [0.25, 0.3) is 5.55 Å². The lowest BCUT2D eigenvalue weighted by Crippen LogP contribution is -1.80. The molecule has 1 rings (SSSR count). The van der Waals surface area contributed by atoms with Gasteiger partial charge in [0.15, 0.2) is 6.20 Å². The highest BCUT2D eigenvalue weighted by molar-refractivity contribution is 8.15. The first-order valence-electron chi connectivity index (χ1n) is 2.35. The van der Waals surface area contributed by atoms with Crippen LogP contribution in [0.1, 0.15) is 6.42 Å². The Labute approximate surface area is 52.3 Å². The fourth-order valence-electron chi connectivity index (χ4n) is 0.435. The highest BCUT2D eigenvalue weighted by Crippen LogP contribution is 2.20. The number of aliphatic hydroxyl groups is 1. The maximum Gasteiger partial charge on any atom is 0.271 e. The summed E-state index contributed by atoms with van der Waals surface area (Å²) < 4.78 is 0. The number of thioether (sulfide) groups is 1. The molecule has 0 amide bonds. The van der Waals surface area contributed by atoms with Crippen molar-refractivity contribution >= 4 is 17.3 Å². The van der Waals surface area contributed by atoms with E-state index in [1.165, 1.54) is 11.8 Å². The zero-order valence-electron chi connectivity index (χ0n) is 4.29. The summed E-state index contributed by atoms with van der Waals surface area (Å²) in [4.78, 5) is 4.81. The van der Waals surface area contributed by atoms with Gasteiger partial charge in [-0.2, -0.15) is 0 Å². The highest BCUT2D eigenvalue weighted by atomic mass is 32.2. The van der Waals surface area contributed by atoms with E-state index >= 15 is 0 Å². The smallest absolute Gasteiger partial charge is 0.271 e. The minimum atomic E-state index is 0.204. The van der Waals surface area contributed by atoms with Crippen LogP contribution < -0.4 is 0 Å². The molecule has 0 bridgehead atoms. The van der Waals surface area contributed by atoms with Crippen LogP contribution in [-0.2, 0) is 0 Å². The molecule has 0 fully saturated rings. The minimum Gasteiger partial charge on any atom is -0.396 e. The van der Waals surface area contributed by atoms with Gasteiger partial charge >= 0.3 is 0 Å². The number of rotatable bonds is 2. The lowest BCUT2D eigenvalue weighted by molar-refractivity contribution is 0.301. The van der Waals surface area contributed by atoms with Crippen LogP contribution in [0.5, 0.6) is 0 Å². The van der Waals surface area contributed by atoms with Crippen LogP contribution in [0.25, 0.3) is 0 Å². The van der Waals surface area contributed by atoms with Gasteiger partial charge in [0.2, 0.25) is 0 Å². The van der Waals surface area contributed by atoms with E-state index in [0.717, 1.165) is 4.91 Å². The molecule has 0 unspecified atom stereocenters. The fourth-order valence-corrected chi connectivity index (χ4v) is 0.957. The first-order valence-corrected chi connectivity index (χ1v) is 3.17. The first kappa shape index (κ1) is 5.76. The van der Waals surface area contributed by atoms with Crippen LogP contribution in [-0.4, -0.2) is 17.3 Å². The van der Waals surface area contributed by atoms with Crippen molar-refractivity contribution in [2.45, 2.75) is 6.42 Å². The Bertz CT molecular complexity index is 130. The quantitative estimate of drug-likeness (QED) is 0.559. The second-order valence-electron chi connectivity index (χ2n) is 1.39. The standard InChI is InChI=1S/C5H6NOS/c7-2-1-5-3-6-4-8-5/h3,7H,1-2H2/q+1. The Kier molecular flexibility index (Phi) is 2.03. The Hall–Kier alpha value is -0.370. The molecule has 1 heterocycles. The molecule has 0 aromatic rings. The van der Waals surface area contributed by atoms with Gasteiger partial charge in [0.1, 0.15) is 16.7 Å². The van der Waals surface area contributed by atoms with Crippen LogP contribution in [0.3, 0.4) is 0 Å². The van der Waals surface area contributed by atoms with Crippen molar-refractivity contribution in [1.29, 1.82) is 0 Å². The van der Waals surface area contributed by atoms with Gasteiger partial charge in [0.05, 0.1) is 0 Å². The second kappa shape index (κ2) is 2.82. The number of aliphatic imine (C=N–C) groups is 1. The van der Waals surface area contributed by atoms with E-state index in [1.54, 1.807) is 6.20 Å². The van der Waals surface area contributed by atoms with Crippen LogP contribution in [0, 0.1) is 0 Å². The molecule has 0 saturated heterocycles. The number of aliphatic hydroxyl groups excluding tert-OH is 1. The average Bonchev–Trinajstić information content (AvgIpc) is 2.19. The van der Waals surface area contributed by atoms with Gasteiger partial charge < -0.3 is 5.11 Å². The topological polar surface area (TPSA) is 32.6 Å². The molecule has 0 aromatic carbocycles. The molecule has 42 valence electrons. The molecule has 1 aliphatic heterocycles. The molecular formula is C5H6NOS+. The summed E-state index contributed by atoms with van der Waals surface area (Å²) >= 11 is 1.45. The van der Waals surface area contributed by atoms with Gasteiger partial charge in [-0.1, -0.05) is 0 Å². The minimum absolute atomic E-state index is 0.204. The average molecular weight is 128 g/mol. The highest BCUT2D eigenvalue weighted by Gasteiger charge is 2.11. The normalized spacial score (nSPS) is 15.9. The Balaban J connectivity index is 2.28. The van der Waals surface area contributed by atoms with Crippen molar-refractivity contribution in [3.63, 3.8) is 0 Å². The first-order chi connectivity index (χ1) is 3.93. The molecule has 0 aliphatic carbocycles. The zero-order chi connectivity index (χ0) is 5.82. The lowest BCUT2D eigenvalue weighted by atomic mass is 10.4. The summed E-state index contributed by atoms with van der Waals surface area (Å²) in [6, 6.07) is 0. The van der Waals surface area contributed by atoms with Crippen molar-refractivity contribution in [2.75, 3.05) is 6.61 Å². The van der Waals surface area contributed by atoms with Crippen LogP contribution >= 0.6 is 11.8 Å². The summed E-state index contributed by atoms with van der Waals surface area (Å²) in [5, 5.41) is 8.40. The monoisotopic (exact) mass is 128 g/mol. The molecular weight excluding hydrogens is 122 g/mol. The van der Waals surface area contributed by atoms with Gasteiger partial charge in [0, 0.05) is 13.0 Å².